The molecule has 12 heteroatoms. The number of carboxylic acid groups (broad SMARTS) is 1. The first-order valence-electron chi connectivity index (χ1n) is 10.2. The summed E-state index contributed by atoms with van der Waals surface area (Å²) in [5, 5.41) is 17.2. The second-order valence-corrected chi connectivity index (χ2v) is 9.00. The van der Waals surface area contributed by atoms with E-state index in [0.29, 0.717) is 0 Å². The first kappa shape index (κ1) is 32.6. The van der Waals surface area contributed by atoms with E-state index in [9.17, 15) is 24.3 Å². The topological polar surface area (TPSA) is 152 Å². The maximum Gasteiger partial charge on any atom is 0.409 e. The molecule has 0 aromatic heterocycles. The van der Waals surface area contributed by atoms with Crippen molar-refractivity contribution in [1.29, 1.82) is 0 Å². The Bertz CT molecular complexity index is 614. The summed E-state index contributed by atoms with van der Waals surface area (Å²) in [6.07, 6.45) is -2.05. The van der Waals surface area contributed by atoms with Crippen LogP contribution in [0, 0.1) is 0 Å². The van der Waals surface area contributed by atoms with Crippen LogP contribution in [-0.4, -0.2) is 94.8 Å². The van der Waals surface area contributed by atoms with Gasteiger partial charge in [-0.05, 0) is 68.4 Å². The molecule has 0 rings (SSSR count). The van der Waals surface area contributed by atoms with Gasteiger partial charge in [-0.25, -0.2) is 14.4 Å². The number of hydrogen-bond donors (Lipinski definition) is 4. The Morgan fingerprint density at radius 3 is 1.69 bits per heavy atom. The van der Waals surface area contributed by atoms with Crippen LogP contribution in [0.2, 0.25) is 0 Å². The summed E-state index contributed by atoms with van der Waals surface area (Å²) in [6, 6.07) is -0.600. The Balaban J connectivity index is 0. The molecule has 1 unspecified atom stereocenters. The molecule has 0 aliphatic heterocycles. The SMILES string of the molecule is CCOC(=O)C(C)NCCCC(NC(=O)OC(C)(C)C)(NC(=O)OC(C)(C)C)C(=O)O.[Na]. The Labute approximate surface area is 212 Å². The normalized spacial score (nSPS) is 12.6. The molecule has 4 N–H and O–H groups in total. The molecule has 2 amide bonds. The number of carboxylic acids is 1. The van der Waals surface area contributed by atoms with Gasteiger partial charge < -0.3 is 24.6 Å². The van der Waals surface area contributed by atoms with Crippen LogP contribution in [0.1, 0.15) is 68.2 Å². The van der Waals surface area contributed by atoms with Gasteiger partial charge in [0, 0.05) is 36.0 Å². The van der Waals surface area contributed by atoms with Crippen LogP contribution in [0.5, 0.6) is 0 Å². The van der Waals surface area contributed by atoms with Crippen molar-refractivity contribution in [3.05, 3.63) is 0 Å². The molecule has 0 saturated carbocycles. The van der Waals surface area contributed by atoms with E-state index in [1.165, 1.54) is 0 Å². The van der Waals surface area contributed by atoms with Gasteiger partial charge in [0.15, 0.2) is 0 Å². The number of esters is 1. The third-order valence-corrected chi connectivity index (χ3v) is 3.61. The summed E-state index contributed by atoms with van der Waals surface area (Å²) in [7, 11) is 0. The van der Waals surface area contributed by atoms with Crippen molar-refractivity contribution in [3.8, 4) is 0 Å². The van der Waals surface area contributed by atoms with Crippen molar-refractivity contribution in [3.63, 3.8) is 0 Å². The summed E-state index contributed by atoms with van der Waals surface area (Å²) in [5.41, 5.74) is -3.94. The monoisotopic (exact) mass is 470 g/mol. The maximum atomic E-state index is 12.3. The van der Waals surface area contributed by atoms with Crippen molar-refractivity contribution in [2.75, 3.05) is 13.2 Å². The van der Waals surface area contributed by atoms with Gasteiger partial charge in [-0.15, -0.1) is 0 Å². The van der Waals surface area contributed by atoms with Gasteiger partial charge in [0.1, 0.15) is 17.2 Å². The van der Waals surface area contributed by atoms with Crippen LogP contribution in [0.25, 0.3) is 0 Å². The quantitative estimate of drug-likeness (QED) is 0.123. The number of alkyl carbamates (subject to hydrolysis) is 2. The summed E-state index contributed by atoms with van der Waals surface area (Å²) in [6.45, 7) is 13.5. The number of carbonyl (C=O) groups is 4. The fourth-order valence-electron chi connectivity index (χ4n) is 2.35. The Morgan fingerprint density at radius 1 is 0.906 bits per heavy atom. The molecule has 0 heterocycles. The molecular weight excluding hydrogens is 433 g/mol. The molecule has 0 aliphatic carbocycles. The number of hydrogen-bond acceptors (Lipinski definition) is 8. The molecule has 0 bridgehead atoms. The Hall–Kier alpha value is -1.56. The molecule has 0 aromatic carbocycles. The van der Waals surface area contributed by atoms with Gasteiger partial charge in [0.05, 0.1) is 6.61 Å². The number of amides is 2. The summed E-state index contributed by atoms with van der Waals surface area (Å²) < 4.78 is 15.2. The summed E-state index contributed by atoms with van der Waals surface area (Å²) in [5.74, 6) is -1.94. The fraction of sp³-hybridized carbons (Fsp3) is 0.800. The molecule has 11 nitrogen and oxygen atoms in total. The fourth-order valence-corrected chi connectivity index (χ4v) is 2.35. The van der Waals surface area contributed by atoms with E-state index in [0.717, 1.165) is 0 Å². The predicted octanol–water partition coefficient (Wildman–Crippen LogP) is 1.76. The van der Waals surface area contributed by atoms with Crippen molar-refractivity contribution in [2.45, 2.75) is 91.1 Å². The molecule has 1 atom stereocenters. The van der Waals surface area contributed by atoms with Crippen molar-refractivity contribution in [2.24, 2.45) is 0 Å². The number of aliphatic carboxylic acids is 1. The van der Waals surface area contributed by atoms with Crippen molar-refractivity contribution < 1.29 is 38.5 Å². The van der Waals surface area contributed by atoms with Crippen molar-refractivity contribution >= 4 is 53.7 Å². The van der Waals surface area contributed by atoms with Gasteiger partial charge in [0.2, 0.25) is 5.66 Å². The molecular formula is C20H37N3NaO8. The largest absolute Gasteiger partial charge is 0.478 e. The minimum absolute atomic E-state index is 0. The molecule has 0 aliphatic rings. The van der Waals surface area contributed by atoms with E-state index < -0.39 is 47.0 Å². The van der Waals surface area contributed by atoms with Gasteiger partial charge in [-0.3, -0.25) is 15.4 Å². The smallest absolute Gasteiger partial charge is 0.409 e. The predicted molar refractivity (Wildman–Crippen MR) is 118 cm³/mol. The number of ether oxygens (including phenoxy) is 3. The van der Waals surface area contributed by atoms with E-state index in [-0.39, 0.29) is 55.6 Å². The molecule has 0 aromatic rings. The zero-order valence-electron chi connectivity index (χ0n) is 20.7. The summed E-state index contributed by atoms with van der Waals surface area (Å²) in [4.78, 5) is 48.3. The molecule has 0 spiro atoms. The molecule has 32 heavy (non-hydrogen) atoms. The molecule has 181 valence electrons. The van der Waals surface area contributed by atoms with Gasteiger partial charge in [-0.2, -0.15) is 0 Å². The number of rotatable bonds is 10. The molecule has 0 fully saturated rings. The van der Waals surface area contributed by atoms with Crippen molar-refractivity contribution in [1.82, 2.24) is 16.0 Å². The van der Waals surface area contributed by atoms with Gasteiger partial charge >= 0.3 is 24.1 Å². The number of nitrogens with one attached hydrogen (secondary N) is 3. The van der Waals surface area contributed by atoms with E-state index in [1.807, 2.05) is 0 Å². The first-order chi connectivity index (χ1) is 14.0. The minimum Gasteiger partial charge on any atom is -0.478 e. The van der Waals surface area contributed by atoms with E-state index in [1.54, 1.807) is 55.4 Å². The van der Waals surface area contributed by atoms with Gasteiger partial charge in [0.25, 0.3) is 0 Å². The van der Waals surface area contributed by atoms with Gasteiger partial charge in [-0.1, -0.05) is 0 Å². The molecule has 1 radical (unpaired) electrons. The minimum atomic E-state index is -2.18. The second kappa shape index (κ2) is 13.9. The first-order valence-corrected chi connectivity index (χ1v) is 10.2. The average molecular weight is 471 g/mol. The Morgan fingerprint density at radius 2 is 1.34 bits per heavy atom. The van der Waals surface area contributed by atoms with Crippen LogP contribution in [0.15, 0.2) is 0 Å². The zero-order valence-corrected chi connectivity index (χ0v) is 22.7. The van der Waals surface area contributed by atoms with Crippen LogP contribution in [0.3, 0.4) is 0 Å². The Kier molecular flexibility index (Phi) is 14.1. The van der Waals surface area contributed by atoms with Crippen LogP contribution < -0.4 is 16.0 Å². The third-order valence-electron chi connectivity index (χ3n) is 3.61. The third kappa shape index (κ3) is 13.8. The maximum absolute atomic E-state index is 12.3. The van der Waals surface area contributed by atoms with E-state index in [4.69, 9.17) is 14.2 Å². The van der Waals surface area contributed by atoms with Crippen LogP contribution >= 0.6 is 0 Å². The zero-order chi connectivity index (χ0) is 24.5. The molecule has 0 saturated heterocycles. The average Bonchev–Trinajstić information content (AvgIpc) is 2.54. The van der Waals surface area contributed by atoms with Crippen LogP contribution in [-0.2, 0) is 23.8 Å². The second-order valence-electron chi connectivity index (χ2n) is 9.00. The summed E-state index contributed by atoms with van der Waals surface area (Å²) >= 11 is 0. The van der Waals surface area contributed by atoms with E-state index >= 15 is 0 Å². The van der Waals surface area contributed by atoms with E-state index in [2.05, 4.69) is 16.0 Å². The number of carbonyl (C=O) groups excluding carboxylic acids is 3. The van der Waals surface area contributed by atoms with Crippen LogP contribution in [0.4, 0.5) is 9.59 Å². The standard InChI is InChI=1S/C20H37N3O8.Na/c1-9-29-14(24)13(2)21-12-10-11-20(15(25)26,22-16(27)30-18(3,4)5)23-17(28)31-19(6,7)8;/h13,21H,9-12H2,1-8H3,(H,22,27)(H,23,28)(H,25,26);.